The summed E-state index contributed by atoms with van der Waals surface area (Å²) in [5, 5.41) is 0. The van der Waals surface area contributed by atoms with E-state index < -0.39 is 9.84 Å². The molecular formula is C9H10N2O3S. The number of hydrogen-bond acceptors (Lipinski definition) is 5. The first kappa shape index (κ1) is 10.2. The zero-order valence-corrected chi connectivity index (χ0v) is 9.26. The van der Waals surface area contributed by atoms with Crippen molar-refractivity contribution in [1.29, 1.82) is 0 Å². The molecule has 0 radical (unpaired) electrons. The van der Waals surface area contributed by atoms with Crippen LogP contribution >= 0.6 is 0 Å². The second-order valence-electron chi connectivity index (χ2n) is 3.65. The van der Waals surface area contributed by atoms with E-state index in [0.717, 1.165) is 0 Å². The summed E-state index contributed by atoms with van der Waals surface area (Å²) in [4.78, 5) is 19.0. The van der Waals surface area contributed by atoms with E-state index in [4.69, 9.17) is 0 Å². The molecule has 1 aliphatic heterocycles. The number of Topliss-reactive ketones (excluding diaryl/α,β-unsaturated/α-hetero) is 1. The van der Waals surface area contributed by atoms with Gasteiger partial charge in [0.2, 0.25) is 0 Å². The summed E-state index contributed by atoms with van der Waals surface area (Å²) in [6, 6.07) is 0. The van der Waals surface area contributed by atoms with Crippen molar-refractivity contribution in [2.45, 2.75) is 25.4 Å². The maximum absolute atomic E-state index is 11.4. The van der Waals surface area contributed by atoms with Crippen LogP contribution in [0.15, 0.2) is 0 Å². The van der Waals surface area contributed by atoms with Gasteiger partial charge in [0.25, 0.3) is 0 Å². The molecule has 15 heavy (non-hydrogen) atoms. The number of aryl methyl sites for hydroxylation is 1. The van der Waals surface area contributed by atoms with Crippen LogP contribution in [0.1, 0.15) is 34.5 Å². The van der Waals surface area contributed by atoms with E-state index in [9.17, 15) is 13.2 Å². The molecule has 1 aromatic heterocycles. The van der Waals surface area contributed by atoms with Gasteiger partial charge in [-0.1, -0.05) is 0 Å². The summed E-state index contributed by atoms with van der Waals surface area (Å²) in [6.45, 7) is 3.07. The van der Waals surface area contributed by atoms with Crippen molar-refractivity contribution in [2.24, 2.45) is 0 Å². The lowest BCUT2D eigenvalue weighted by atomic mass is 10.2. The summed E-state index contributed by atoms with van der Waals surface area (Å²) in [7, 11) is -3.08. The van der Waals surface area contributed by atoms with Crippen molar-refractivity contribution >= 4 is 15.6 Å². The van der Waals surface area contributed by atoms with E-state index in [-0.39, 0.29) is 23.1 Å². The molecule has 0 bridgehead atoms. The Morgan fingerprint density at radius 3 is 2.53 bits per heavy atom. The van der Waals surface area contributed by atoms with Crippen LogP contribution < -0.4 is 0 Å². The Balaban J connectivity index is 2.61. The van der Waals surface area contributed by atoms with Crippen molar-refractivity contribution in [3.8, 4) is 0 Å². The predicted molar refractivity (Wildman–Crippen MR) is 53.1 cm³/mol. The number of fused-ring (bicyclic) bond motifs is 1. The molecule has 80 valence electrons. The normalized spacial score (nSPS) is 17.5. The minimum absolute atomic E-state index is 0.00759. The van der Waals surface area contributed by atoms with Gasteiger partial charge in [-0.2, -0.15) is 0 Å². The highest BCUT2D eigenvalue weighted by Gasteiger charge is 2.29. The Hall–Kier alpha value is -1.30. The number of aromatic nitrogens is 2. The predicted octanol–water partition coefficient (Wildman–Crippen LogP) is 0.416. The standard InChI is InChI=1S/C9H10N2O3S/c1-5-7-3-15(13,14)4-8(7)11-9(10-5)6(2)12/h3-4H2,1-2H3. The highest BCUT2D eigenvalue weighted by atomic mass is 32.2. The monoisotopic (exact) mass is 226 g/mol. The van der Waals surface area contributed by atoms with Crippen molar-refractivity contribution in [1.82, 2.24) is 9.97 Å². The fourth-order valence-electron chi connectivity index (χ4n) is 1.60. The number of rotatable bonds is 1. The Morgan fingerprint density at radius 2 is 1.93 bits per heavy atom. The van der Waals surface area contributed by atoms with E-state index in [1.165, 1.54) is 6.92 Å². The third kappa shape index (κ3) is 1.77. The minimum Gasteiger partial charge on any atom is -0.291 e. The van der Waals surface area contributed by atoms with E-state index in [0.29, 0.717) is 17.0 Å². The van der Waals surface area contributed by atoms with Gasteiger partial charge in [-0.3, -0.25) is 4.79 Å². The van der Waals surface area contributed by atoms with Crippen LogP contribution in [0.4, 0.5) is 0 Å². The average Bonchev–Trinajstić information content (AvgIpc) is 2.39. The first-order valence-corrected chi connectivity index (χ1v) is 6.29. The zero-order valence-electron chi connectivity index (χ0n) is 8.44. The molecule has 5 nitrogen and oxygen atoms in total. The van der Waals surface area contributed by atoms with Gasteiger partial charge >= 0.3 is 0 Å². The molecule has 0 saturated heterocycles. The smallest absolute Gasteiger partial charge is 0.196 e. The maximum Gasteiger partial charge on any atom is 0.196 e. The molecule has 6 heteroatoms. The number of hydrogen-bond donors (Lipinski definition) is 0. The minimum atomic E-state index is -3.08. The van der Waals surface area contributed by atoms with Gasteiger partial charge in [-0.05, 0) is 6.92 Å². The molecule has 0 saturated carbocycles. The average molecular weight is 226 g/mol. The Labute approximate surface area is 87.5 Å². The molecule has 1 aromatic rings. The van der Waals surface area contributed by atoms with Crippen molar-refractivity contribution in [3.05, 3.63) is 22.8 Å². The van der Waals surface area contributed by atoms with Gasteiger partial charge in [0.05, 0.1) is 17.2 Å². The molecule has 0 atom stereocenters. The molecule has 0 unspecified atom stereocenters. The number of carbonyl (C=O) groups excluding carboxylic acids is 1. The topological polar surface area (TPSA) is 77.0 Å². The van der Waals surface area contributed by atoms with E-state index in [1.54, 1.807) is 6.92 Å². The van der Waals surface area contributed by atoms with Crippen LogP contribution in [0.3, 0.4) is 0 Å². The lowest BCUT2D eigenvalue weighted by Gasteiger charge is -2.02. The van der Waals surface area contributed by atoms with Crippen LogP contribution in [0.25, 0.3) is 0 Å². The third-order valence-corrected chi connectivity index (χ3v) is 3.78. The van der Waals surface area contributed by atoms with Gasteiger partial charge in [-0.15, -0.1) is 0 Å². The molecule has 0 aliphatic carbocycles. The van der Waals surface area contributed by atoms with Crippen LogP contribution in [-0.2, 0) is 21.3 Å². The van der Waals surface area contributed by atoms with Crippen LogP contribution in [0.2, 0.25) is 0 Å². The molecule has 1 aliphatic rings. The molecule has 0 aromatic carbocycles. The quantitative estimate of drug-likeness (QED) is 0.648. The van der Waals surface area contributed by atoms with Crippen LogP contribution in [0, 0.1) is 6.92 Å². The number of ketones is 1. The number of carbonyl (C=O) groups is 1. The van der Waals surface area contributed by atoms with Crippen LogP contribution in [0.5, 0.6) is 0 Å². The lowest BCUT2D eigenvalue weighted by Crippen LogP contribution is -2.06. The maximum atomic E-state index is 11.4. The summed E-state index contributed by atoms with van der Waals surface area (Å²) < 4.78 is 22.7. The number of sulfone groups is 1. The fourth-order valence-corrected chi connectivity index (χ4v) is 3.17. The first-order valence-electron chi connectivity index (χ1n) is 4.47. The summed E-state index contributed by atoms with van der Waals surface area (Å²) in [5.41, 5.74) is 1.72. The van der Waals surface area contributed by atoms with Crippen molar-refractivity contribution in [2.75, 3.05) is 0 Å². The van der Waals surface area contributed by atoms with E-state index in [2.05, 4.69) is 9.97 Å². The highest BCUT2D eigenvalue weighted by Crippen LogP contribution is 2.25. The SMILES string of the molecule is CC(=O)c1nc(C)c2c(n1)CS(=O)(=O)C2. The second kappa shape index (κ2) is 3.10. The van der Waals surface area contributed by atoms with Crippen molar-refractivity contribution in [3.63, 3.8) is 0 Å². The Morgan fingerprint density at radius 1 is 1.27 bits per heavy atom. The fraction of sp³-hybridized carbons (Fsp3) is 0.444. The highest BCUT2D eigenvalue weighted by molar-refractivity contribution is 7.90. The first-order chi connectivity index (χ1) is 6.89. The molecule has 2 heterocycles. The van der Waals surface area contributed by atoms with Gasteiger partial charge in [-0.25, -0.2) is 18.4 Å². The van der Waals surface area contributed by atoms with E-state index >= 15 is 0 Å². The van der Waals surface area contributed by atoms with Gasteiger partial charge in [0.15, 0.2) is 21.4 Å². The summed E-state index contributed by atoms with van der Waals surface area (Å²) >= 11 is 0. The Bertz CT molecular complexity index is 549. The summed E-state index contributed by atoms with van der Waals surface area (Å²) in [5.74, 6) is -0.230. The molecule has 0 fully saturated rings. The number of nitrogens with zero attached hydrogens (tertiary/aromatic N) is 2. The second-order valence-corrected chi connectivity index (χ2v) is 5.71. The lowest BCUT2D eigenvalue weighted by molar-refractivity contribution is 0.100. The molecule has 2 rings (SSSR count). The van der Waals surface area contributed by atoms with Gasteiger partial charge < -0.3 is 0 Å². The van der Waals surface area contributed by atoms with Gasteiger partial charge in [0.1, 0.15) is 0 Å². The molecule has 0 N–H and O–H groups in total. The van der Waals surface area contributed by atoms with E-state index in [1.807, 2.05) is 0 Å². The largest absolute Gasteiger partial charge is 0.291 e. The molecule has 0 spiro atoms. The molecular weight excluding hydrogens is 216 g/mol. The zero-order chi connectivity index (χ0) is 11.2. The Kier molecular flexibility index (Phi) is 2.11. The van der Waals surface area contributed by atoms with Crippen molar-refractivity contribution < 1.29 is 13.2 Å². The van der Waals surface area contributed by atoms with Crippen LogP contribution in [-0.4, -0.2) is 24.2 Å². The van der Waals surface area contributed by atoms with Gasteiger partial charge in [0, 0.05) is 18.2 Å². The summed E-state index contributed by atoms with van der Waals surface area (Å²) in [6.07, 6.45) is 0. The molecule has 0 amide bonds. The third-order valence-electron chi connectivity index (χ3n) is 2.34.